The summed E-state index contributed by atoms with van der Waals surface area (Å²) in [6.07, 6.45) is 1.79. The molecule has 7 nitrogen and oxygen atoms in total. The number of rotatable bonds is 10. The zero-order valence-corrected chi connectivity index (χ0v) is 22.0. The van der Waals surface area contributed by atoms with E-state index in [1.54, 1.807) is 25.0 Å². The van der Waals surface area contributed by atoms with E-state index in [0.717, 1.165) is 39.7 Å². The number of ether oxygens (including phenoxy) is 2. The number of hydrogen-bond acceptors (Lipinski definition) is 6. The van der Waals surface area contributed by atoms with Crippen molar-refractivity contribution in [3.63, 3.8) is 0 Å². The van der Waals surface area contributed by atoms with Gasteiger partial charge in [0.1, 0.15) is 6.61 Å². The first-order valence-corrected chi connectivity index (χ1v) is 12.0. The lowest BCUT2D eigenvalue weighted by Gasteiger charge is -2.14. The van der Waals surface area contributed by atoms with Gasteiger partial charge in [-0.05, 0) is 73.6 Å². The average molecular weight is 500 g/mol. The number of aromatic nitrogens is 1. The fraction of sp³-hybridized carbons (Fsp3) is 0.233. The predicted octanol–water partition coefficient (Wildman–Crippen LogP) is 5.38. The Morgan fingerprint density at radius 3 is 2.35 bits per heavy atom. The van der Waals surface area contributed by atoms with Gasteiger partial charge in [-0.25, -0.2) is 0 Å². The molecule has 0 aliphatic heterocycles. The molecule has 7 heteroatoms. The van der Waals surface area contributed by atoms with E-state index in [9.17, 15) is 4.79 Å². The van der Waals surface area contributed by atoms with Crippen LogP contribution in [-0.4, -0.2) is 56.8 Å². The lowest BCUT2D eigenvalue weighted by Crippen LogP contribution is -2.19. The molecule has 1 heterocycles. The van der Waals surface area contributed by atoms with Crippen LogP contribution in [0.15, 0.2) is 73.4 Å². The third kappa shape index (κ3) is 5.69. The fourth-order valence-electron chi connectivity index (χ4n) is 4.22. The van der Waals surface area contributed by atoms with Crippen molar-refractivity contribution in [2.24, 2.45) is 0 Å². The SMILES string of the molecule is C=C(NOC)c1ccc(-c2ccc(C(=O)n3ccc4cc(OC)c(OCCN(C)C)cc43)cc2)c(C)c1. The van der Waals surface area contributed by atoms with E-state index in [0.29, 0.717) is 29.4 Å². The Bertz CT molecular complexity index is 1420. The van der Waals surface area contributed by atoms with Crippen molar-refractivity contribution in [3.8, 4) is 22.6 Å². The van der Waals surface area contributed by atoms with E-state index >= 15 is 0 Å². The third-order valence-corrected chi connectivity index (χ3v) is 6.23. The third-order valence-electron chi connectivity index (χ3n) is 6.23. The molecule has 0 fully saturated rings. The summed E-state index contributed by atoms with van der Waals surface area (Å²) in [7, 11) is 7.16. The first-order chi connectivity index (χ1) is 17.8. The highest BCUT2D eigenvalue weighted by Gasteiger charge is 2.16. The minimum atomic E-state index is -0.111. The van der Waals surface area contributed by atoms with Gasteiger partial charge < -0.3 is 14.4 Å². The molecule has 3 aromatic carbocycles. The molecular formula is C30H33N3O4. The van der Waals surface area contributed by atoms with Gasteiger partial charge in [-0.15, -0.1) is 0 Å². The van der Waals surface area contributed by atoms with Gasteiger partial charge in [0.15, 0.2) is 11.5 Å². The number of hydrogen-bond donors (Lipinski definition) is 1. The van der Waals surface area contributed by atoms with E-state index in [-0.39, 0.29) is 5.91 Å². The summed E-state index contributed by atoms with van der Waals surface area (Å²) in [6, 6.07) is 19.4. The second-order valence-electron chi connectivity index (χ2n) is 9.10. The van der Waals surface area contributed by atoms with Crippen LogP contribution >= 0.6 is 0 Å². The van der Waals surface area contributed by atoms with Crippen molar-refractivity contribution in [1.82, 2.24) is 14.9 Å². The first kappa shape index (κ1) is 26.0. The van der Waals surface area contributed by atoms with Gasteiger partial charge >= 0.3 is 0 Å². The number of fused-ring (bicyclic) bond motifs is 1. The maximum absolute atomic E-state index is 13.4. The Hall–Kier alpha value is -4.07. The number of methoxy groups -OCH3 is 1. The summed E-state index contributed by atoms with van der Waals surface area (Å²) in [5.74, 6) is 1.14. The highest BCUT2D eigenvalue weighted by atomic mass is 16.6. The van der Waals surface area contributed by atoms with Crippen molar-refractivity contribution in [2.75, 3.05) is 41.5 Å². The fourth-order valence-corrected chi connectivity index (χ4v) is 4.22. The maximum atomic E-state index is 13.4. The summed E-state index contributed by atoms with van der Waals surface area (Å²) in [4.78, 5) is 20.4. The second kappa shape index (κ2) is 11.3. The predicted molar refractivity (Wildman–Crippen MR) is 148 cm³/mol. The highest BCUT2D eigenvalue weighted by molar-refractivity contribution is 6.03. The number of likely N-dealkylation sites (N-methyl/N-ethyl adjacent to an activating group) is 1. The van der Waals surface area contributed by atoms with Crippen molar-refractivity contribution in [1.29, 1.82) is 0 Å². The van der Waals surface area contributed by atoms with E-state index in [4.69, 9.17) is 14.3 Å². The Morgan fingerprint density at radius 1 is 0.973 bits per heavy atom. The number of aryl methyl sites for hydroxylation is 1. The van der Waals surface area contributed by atoms with Gasteiger partial charge in [0.05, 0.1) is 25.4 Å². The second-order valence-corrected chi connectivity index (χ2v) is 9.10. The molecule has 1 aromatic heterocycles. The molecule has 4 aromatic rings. The Morgan fingerprint density at radius 2 is 1.70 bits per heavy atom. The van der Waals surface area contributed by atoms with Crippen LogP contribution < -0.4 is 15.0 Å². The van der Waals surface area contributed by atoms with Crippen LogP contribution in [0, 0.1) is 6.92 Å². The molecule has 4 rings (SSSR count). The van der Waals surface area contributed by atoms with Crippen LogP contribution in [0.25, 0.3) is 27.7 Å². The van der Waals surface area contributed by atoms with Gasteiger partial charge in [0.2, 0.25) is 0 Å². The molecule has 37 heavy (non-hydrogen) atoms. The average Bonchev–Trinajstić information content (AvgIpc) is 3.30. The molecule has 0 radical (unpaired) electrons. The first-order valence-electron chi connectivity index (χ1n) is 12.0. The molecule has 0 aliphatic rings. The van der Waals surface area contributed by atoms with Crippen molar-refractivity contribution < 1.29 is 19.1 Å². The van der Waals surface area contributed by atoms with Crippen LogP contribution in [-0.2, 0) is 4.84 Å². The molecule has 0 atom stereocenters. The number of carbonyl (C=O) groups is 1. The molecule has 0 unspecified atom stereocenters. The van der Waals surface area contributed by atoms with Crippen LogP contribution in [0.3, 0.4) is 0 Å². The van der Waals surface area contributed by atoms with Crippen LogP contribution in [0.1, 0.15) is 21.5 Å². The molecule has 0 bridgehead atoms. The smallest absolute Gasteiger partial charge is 0.262 e. The normalized spacial score (nSPS) is 11.1. The summed E-state index contributed by atoms with van der Waals surface area (Å²) < 4.78 is 13.1. The summed E-state index contributed by atoms with van der Waals surface area (Å²) in [5, 5.41) is 0.905. The van der Waals surface area contributed by atoms with Gasteiger partial charge in [0.25, 0.3) is 5.91 Å². The number of nitrogens with zero attached hydrogens (tertiary/aromatic N) is 2. The molecule has 1 N–H and O–H groups in total. The molecule has 0 spiro atoms. The van der Waals surface area contributed by atoms with Gasteiger partial charge in [0, 0.05) is 29.8 Å². The van der Waals surface area contributed by atoms with Crippen molar-refractivity contribution in [3.05, 3.63) is 90.1 Å². The largest absolute Gasteiger partial charge is 0.493 e. The van der Waals surface area contributed by atoms with E-state index in [1.807, 2.05) is 67.5 Å². The zero-order chi connectivity index (χ0) is 26.5. The quantitative estimate of drug-likeness (QED) is 0.296. The highest BCUT2D eigenvalue weighted by Crippen LogP contribution is 2.33. The summed E-state index contributed by atoms with van der Waals surface area (Å²) in [6.45, 7) is 7.32. The number of hydroxylamine groups is 1. The molecule has 0 saturated heterocycles. The number of carbonyl (C=O) groups excluding carboxylic acids is 1. The van der Waals surface area contributed by atoms with Crippen molar-refractivity contribution in [2.45, 2.75) is 6.92 Å². The summed E-state index contributed by atoms with van der Waals surface area (Å²) in [5.41, 5.74) is 9.00. The monoisotopic (exact) mass is 499 g/mol. The van der Waals surface area contributed by atoms with E-state index in [2.05, 4.69) is 31.1 Å². The minimum Gasteiger partial charge on any atom is -0.493 e. The van der Waals surface area contributed by atoms with Gasteiger partial charge in [-0.3, -0.25) is 19.7 Å². The topological polar surface area (TPSA) is 65.0 Å². The van der Waals surface area contributed by atoms with E-state index < -0.39 is 0 Å². The molecule has 0 amide bonds. The van der Waals surface area contributed by atoms with Crippen LogP contribution in [0.2, 0.25) is 0 Å². The molecular weight excluding hydrogens is 466 g/mol. The molecule has 192 valence electrons. The van der Waals surface area contributed by atoms with Crippen LogP contribution in [0.5, 0.6) is 11.5 Å². The van der Waals surface area contributed by atoms with E-state index in [1.165, 1.54) is 0 Å². The van der Waals surface area contributed by atoms with Crippen molar-refractivity contribution >= 4 is 22.5 Å². The Kier molecular flexibility index (Phi) is 7.96. The Balaban J connectivity index is 1.59. The Labute approximate surface area is 217 Å². The standard InChI is InChI=1S/C30H33N3O4/c1-20-17-24(21(2)31-36-6)11-12-26(20)22-7-9-23(10-8-22)30(34)33-14-13-25-18-28(35-5)29(19-27(25)33)37-16-15-32(3)4/h7-14,17-19,31H,2,15-16H2,1,3-6H3. The lowest BCUT2D eigenvalue weighted by molar-refractivity contribution is 0.0965. The zero-order valence-electron chi connectivity index (χ0n) is 22.0. The lowest BCUT2D eigenvalue weighted by atomic mass is 9.97. The van der Waals surface area contributed by atoms with Gasteiger partial charge in [-0.2, -0.15) is 0 Å². The van der Waals surface area contributed by atoms with Crippen LogP contribution in [0.4, 0.5) is 0 Å². The molecule has 0 aliphatic carbocycles. The number of benzene rings is 3. The summed E-state index contributed by atoms with van der Waals surface area (Å²) >= 11 is 0. The number of nitrogens with one attached hydrogen (secondary N) is 1. The van der Waals surface area contributed by atoms with Gasteiger partial charge in [-0.1, -0.05) is 30.8 Å². The maximum Gasteiger partial charge on any atom is 0.262 e. The molecule has 0 saturated carbocycles. The minimum absolute atomic E-state index is 0.111.